The number of hydrogen-bond donors (Lipinski definition) is 1. The minimum Gasteiger partial charge on any atom is -0.476 e. The zero-order valence-electron chi connectivity index (χ0n) is 12.8. The number of hydrogen-bond acceptors (Lipinski definition) is 5. The fourth-order valence-electron chi connectivity index (χ4n) is 3.13. The molecular weight excluding hydrogens is 284 g/mol. The Morgan fingerprint density at radius 2 is 2.23 bits per heavy atom. The number of carbonyl (C=O) groups is 1. The summed E-state index contributed by atoms with van der Waals surface area (Å²) < 4.78 is 7.18. The zero-order chi connectivity index (χ0) is 15.7. The van der Waals surface area contributed by atoms with Gasteiger partial charge < -0.3 is 14.7 Å². The number of ether oxygens (including phenoxy) is 1. The molecule has 22 heavy (non-hydrogen) atoms. The van der Waals surface area contributed by atoms with E-state index in [2.05, 4.69) is 21.9 Å². The maximum atomic E-state index is 11.5. The van der Waals surface area contributed by atoms with Crippen molar-refractivity contribution < 1.29 is 14.6 Å². The summed E-state index contributed by atoms with van der Waals surface area (Å²) in [6, 6.07) is 2.06. The van der Waals surface area contributed by atoms with Gasteiger partial charge in [-0.3, -0.25) is 0 Å². The van der Waals surface area contributed by atoms with Gasteiger partial charge in [0.05, 0.1) is 6.20 Å². The van der Waals surface area contributed by atoms with Crippen LogP contribution in [0.15, 0.2) is 12.3 Å². The molecule has 0 atom stereocenters. The molecule has 0 bridgehead atoms. The number of fused-ring (bicyclic) bond motifs is 1. The molecule has 1 fully saturated rings. The van der Waals surface area contributed by atoms with Crippen molar-refractivity contribution in [3.63, 3.8) is 0 Å². The van der Waals surface area contributed by atoms with Gasteiger partial charge in [0.1, 0.15) is 5.82 Å². The Hall–Kier alpha value is -2.15. The van der Waals surface area contributed by atoms with E-state index in [9.17, 15) is 9.90 Å². The molecule has 2 aromatic heterocycles. The summed E-state index contributed by atoms with van der Waals surface area (Å²) in [6.07, 6.45) is 3.51. The summed E-state index contributed by atoms with van der Waals surface area (Å²) in [5.74, 6) is -0.188. The Kier molecular flexibility index (Phi) is 3.98. The van der Waals surface area contributed by atoms with Gasteiger partial charge in [0.2, 0.25) is 0 Å². The second-order valence-corrected chi connectivity index (χ2v) is 5.44. The van der Waals surface area contributed by atoms with Crippen LogP contribution in [0, 0.1) is 6.92 Å². The fraction of sp³-hybridized carbons (Fsp3) is 0.533. The van der Waals surface area contributed by atoms with Crippen molar-refractivity contribution in [2.24, 2.45) is 0 Å². The van der Waals surface area contributed by atoms with Crippen LogP contribution in [-0.2, 0) is 4.74 Å². The minimum absolute atomic E-state index is 0.0912. The molecule has 1 aliphatic heterocycles. The maximum Gasteiger partial charge on any atom is 0.354 e. The molecule has 0 spiro atoms. The van der Waals surface area contributed by atoms with Crippen LogP contribution in [0.25, 0.3) is 5.65 Å². The zero-order valence-corrected chi connectivity index (χ0v) is 12.8. The Labute approximate surface area is 128 Å². The van der Waals surface area contributed by atoms with Crippen LogP contribution in [0.2, 0.25) is 0 Å². The molecule has 118 valence electrons. The van der Waals surface area contributed by atoms with Crippen LogP contribution in [0.5, 0.6) is 0 Å². The Bertz CT molecular complexity index is 691. The smallest absolute Gasteiger partial charge is 0.354 e. The highest BCUT2D eigenvalue weighted by Crippen LogP contribution is 2.28. The molecule has 1 saturated heterocycles. The third-order valence-corrected chi connectivity index (χ3v) is 4.19. The lowest BCUT2D eigenvalue weighted by Crippen LogP contribution is -2.41. The minimum atomic E-state index is -1.01. The second-order valence-electron chi connectivity index (χ2n) is 5.44. The van der Waals surface area contributed by atoms with E-state index in [-0.39, 0.29) is 5.69 Å². The van der Waals surface area contributed by atoms with E-state index in [1.165, 1.54) is 0 Å². The van der Waals surface area contributed by atoms with Crippen LogP contribution in [0.1, 0.15) is 35.8 Å². The molecule has 3 heterocycles. The van der Waals surface area contributed by atoms with Crippen LogP contribution in [-0.4, -0.2) is 51.5 Å². The average Bonchev–Trinajstić information content (AvgIpc) is 2.98. The van der Waals surface area contributed by atoms with Crippen molar-refractivity contribution in [1.29, 1.82) is 0 Å². The highest BCUT2D eigenvalue weighted by atomic mass is 16.5. The first kappa shape index (κ1) is 14.8. The summed E-state index contributed by atoms with van der Waals surface area (Å²) in [5, 5.41) is 13.8. The first-order valence-corrected chi connectivity index (χ1v) is 7.55. The summed E-state index contributed by atoms with van der Waals surface area (Å²) in [5.41, 5.74) is 1.30. The largest absolute Gasteiger partial charge is 0.476 e. The molecular formula is C15H20N4O3. The molecule has 0 radical (unpaired) electrons. The molecule has 0 saturated carbocycles. The number of carboxylic acids is 1. The van der Waals surface area contributed by atoms with E-state index in [1.54, 1.807) is 23.7 Å². The van der Waals surface area contributed by atoms with Crippen LogP contribution in [0.3, 0.4) is 0 Å². The molecule has 0 aromatic carbocycles. The Balaban J connectivity index is 2.16. The van der Waals surface area contributed by atoms with Crippen molar-refractivity contribution >= 4 is 17.4 Å². The quantitative estimate of drug-likeness (QED) is 0.927. The molecule has 0 amide bonds. The van der Waals surface area contributed by atoms with E-state index in [0.29, 0.717) is 17.3 Å². The van der Waals surface area contributed by atoms with E-state index < -0.39 is 5.97 Å². The molecule has 0 aliphatic carbocycles. The third-order valence-electron chi connectivity index (χ3n) is 4.19. The predicted octanol–water partition coefficient (Wildman–Crippen LogP) is 1.74. The number of aromatic carboxylic acids is 1. The van der Waals surface area contributed by atoms with Gasteiger partial charge in [-0.1, -0.05) is 0 Å². The molecule has 7 nitrogen and oxygen atoms in total. The topological polar surface area (TPSA) is 80.0 Å². The lowest BCUT2D eigenvalue weighted by molar-refractivity contribution is 0.0689. The monoisotopic (exact) mass is 304 g/mol. The molecule has 2 aromatic rings. The van der Waals surface area contributed by atoms with Crippen molar-refractivity contribution in [3.05, 3.63) is 23.5 Å². The average molecular weight is 304 g/mol. The van der Waals surface area contributed by atoms with Gasteiger partial charge in [-0.05, 0) is 26.7 Å². The van der Waals surface area contributed by atoms with Gasteiger partial charge >= 0.3 is 5.97 Å². The number of carboxylic acid groups (broad SMARTS) is 1. The number of rotatable bonds is 4. The number of nitrogens with zero attached hydrogens (tertiary/aromatic N) is 4. The maximum absolute atomic E-state index is 11.5. The second kappa shape index (κ2) is 5.92. The fourth-order valence-corrected chi connectivity index (χ4v) is 3.13. The van der Waals surface area contributed by atoms with Gasteiger partial charge in [0, 0.05) is 37.4 Å². The van der Waals surface area contributed by atoms with Crippen LogP contribution in [0.4, 0.5) is 5.82 Å². The van der Waals surface area contributed by atoms with Gasteiger partial charge in [0.25, 0.3) is 0 Å². The third kappa shape index (κ3) is 2.41. The summed E-state index contributed by atoms with van der Waals surface area (Å²) in [4.78, 5) is 17.9. The van der Waals surface area contributed by atoms with Gasteiger partial charge in [-0.15, -0.1) is 0 Å². The first-order valence-electron chi connectivity index (χ1n) is 7.55. The van der Waals surface area contributed by atoms with E-state index in [1.807, 2.05) is 0 Å². The van der Waals surface area contributed by atoms with Gasteiger partial charge in [-0.2, -0.15) is 9.61 Å². The number of anilines is 1. The van der Waals surface area contributed by atoms with E-state index >= 15 is 0 Å². The van der Waals surface area contributed by atoms with Gasteiger partial charge in [0.15, 0.2) is 11.3 Å². The van der Waals surface area contributed by atoms with Crippen molar-refractivity contribution in [1.82, 2.24) is 14.6 Å². The molecule has 3 rings (SSSR count). The first-order chi connectivity index (χ1) is 10.6. The normalized spacial score (nSPS) is 16.1. The van der Waals surface area contributed by atoms with Crippen molar-refractivity contribution in [3.8, 4) is 0 Å². The highest BCUT2D eigenvalue weighted by molar-refractivity contribution is 5.89. The lowest BCUT2D eigenvalue weighted by atomic mass is 10.1. The summed E-state index contributed by atoms with van der Waals surface area (Å²) >= 11 is 0. The summed E-state index contributed by atoms with van der Waals surface area (Å²) in [7, 11) is 0. The molecule has 1 aliphatic rings. The van der Waals surface area contributed by atoms with Crippen molar-refractivity contribution in [2.45, 2.75) is 32.7 Å². The van der Waals surface area contributed by atoms with E-state index in [0.717, 1.165) is 38.4 Å². The predicted molar refractivity (Wildman–Crippen MR) is 81.5 cm³/mol. The highest BCUT2D eigenvalue weighted by Gasteiger charge is 2.27. The van der Waals surface area contributed by atoms with Gasteiger partial charge in [-0.25, -0.2) is 9.78 Å². The standard InChI is InChI=1S/C15H20N4O3/c1-3-18(11-5-8-22-9-6-11)14-10(2)13(15(20)21)17-12-4-7-16-19(12)14/h4,7,11H,3,5-6,8-9H2,1-2H3,(H,20,21). The van der Waals surface area contributed by atoms with Crippen LogP contribution < -0.4 is 4.90 Å². The lowest BCUT2D eigenvalue weighted by Gasteiger charge is -2.36. The van der Waals surface area contributed by atoms with Crippen LogP contribution >= 0.6 is 0 Å². The SMILES string of the molecule is CCN(c1c(C)c(C(=O)O)nc2ccnn12)C1CCOCC1. The number of aromatic nitrogens is 3. The molecule has 1 N–H and O–H groups in total. The molecule has 7 heteroatoms. The van der Waals surface area contributed by atoms with E-state index in [4.69, 9.17) is 4.74 Å². The summed E-state index contributed by atoms with van der Waals surface area (Å²) in [6.45, 7) is 6.13. The Morgan fingerprint density at radius 3 is 2.86 bits per heavy atom. The Morgan fingerprint density at radius 1 is 1.50 bits per heavy atom. The van der Waals surface area contributed by atoms with Crippen molar-refractivity contribution in [2.75, 3.05) is 24.7 Å². The molecule has 0 unspecified atom stereocenters.